The third-order valence-corrected chi connectivity index (χ3v) is 6.99. The summed E-state index contributed by atoms with van der Waals surface area (Å²) in [6.45, 7) is 3.99. The number of nitrogens with zero attached hydrogens (tertiary/aromatic N) is 1. The van der Waals surface area contributed by atoms with Gasteiger partial charge in [0.15, 0.2) is 0 Å². The van der Waals surface area contributed by atoms with Crippen molar-refractivity contribution in [1.82, 2.24) is 4.90 Å². The maximum absolute atomic E-state index is 13.6. The van der Waals surface area contributed by atoms with E-state index in [4.69, 9.17) is 4.74 Å². The summed E-state index contributed by atoms with van der Waals surface area (Å²) >= 11 is 0. The Morgan fingerprint density at radius 1 is 1.24 bits per heavy atom. The number of ether oxygens (including phenoxy) is 1. The normalized spacial score (nSPS) is 29.7. The Kier molecular flexibility index (Phi) is 7.23. The van der Waals surface area contributed by atoms with E-state index in [0.29, 0.717) is 5.92 Å². The molecule has 1 heterocycles. The van der Waals surface area contributed by atoms with Gasteiger partial charge in [-0.15, -0.1) is 0 Å². The second-order valence-electron chi connectivity index (χ2n) is 8.80. The molecule has 1 aliphatic heterocycles. The molecule has 0 radical (unpaired) electrons. The van der Waals surface area contributed by atoms with Crippen molar-refractivity contribution < 1.29 is 19.1 Å². The number of carbonyl (C=O) groups excluding carboxylic acids is 3. The number of likely N-dealkylation sites (tertiary alicyclic amines) is 1. The van der Waals surface area contributed by atoms with E-state index in [1.807, 2.05) is 18.2 Å². The number of methoxy groups -OCH3 is 1. The first-order chi connectivity index (χ1) is 14.0. The van der Waals surface area contributed by atoms with Gasteiger partial charge in [-0.05, 0) is 49.6 Å². The summed E-state index contributed by atoms with van der Waals surface area (Å²) in [7, 11) is 1.41. The summed E-state index contributed by atoms with van der Waals surface area (Å²) in [4.78, 5) is 39.2. The van der Waals surface area contributed by atoms with Crippen LogP contribution < -0.4 is 0 Å². The zero-order valence-corrected chi connectivity index (χ0v) is 17.6. The lowest BCUT2D eigenvalue weighted by Gasteiger charge is -2.57. The zero-order valence-electron chi connectivity index (χ0n) is 17.6. The Morgan fingerprint density at radius 3 is 2.69 bits per heavy atom. The lowest BCUT2D eigenvalue weighted by molar-refractivity contribution is -0.157. The third-order valence-electron chi connectivity index (χ3n) is 6.99. The number of benzene rings is 1. The second kappa shape index (κ2) is 9.66. The van der Waals surface area contributed by atoms with E-state index in [1.165, 1.54) is 12.7 Å². The van der Waals surface area contributed by atoms with Crippen LogP contribution in [0, 0.1) is 17.3 Å². The third kappa shape index (κ3) is 4.61. The summed E-state index contributed by atoms with van der Waals surface area (Å²) in [5.74, 6) is 0.332. The molecule has 3 rings (SSSR count). The van der Waals surface area contributed by atoms with Crippen molar-refractivity contribution in [3.63, 3.8) is 0 Å². The van der Waals surface area contributed by atoms with E-state index in [2.05, 4.69) is 24.0 Å². The number of carbonyl (C=O) groups is 3. The molecule has 1 saturated heterocycles. The summed E-state index contributed by atoms with van der Waals surface area (Å²) in [5, 5.41) is 0. The molecule has 0 amide bonds. The number of ketones is 1. The standard InChI is InChI=1S/C24H33NO4/c1-18-14-20(16-23(28)29-2)24(22(27)10-6-13-26)11-7-12-25(21(24)15-18)17-19-8-4-3-5-9-19/h3-5,8-9,13,18,20-21H,6-7,10-12,14-17H2,1-2H3/t18-,20+,21+,24-/m1/s1. The molecule has 1 saturated carbocycles. The van der Waals surface area contributed by atoms with Gasteiger partial charge in [-0.3, -0.25) is 14.5 Å². The minimum Gasteiger partial charge on any atom is -0.469 e. The topological polar surface area (TPSA) is 63.7 Å². The van der Waals surface area contributed by atoms with Gasteiger partial charge in [0.05, 0.1) is 7.11 Å². The van der Waals surface area contributed by atoms with Crippen LogP contribution in [0.15, 0.2) is 30.3 Å². The van der Waals surface area contributed by atoms with E-state index in [9.17, 15) is 14.4 Å². The van der Waals surface area contributed by atoms with Crippen LogP contribution in [0.4, 0.5) is 0 Å². The van der Waals surface area contributed by atoms with Crippen LogP contribution in [-0.2, 0) is 25.7 Å². The minimum absolute atomic E-state index is 0.0265. The molecule has 1 aromatic carbocycles. The smallest absolute Gasteiger partial charge is 0.305 e. The van der Waals surface area contributed by atoms with Crippen molar-refractivity contribution in [2.45, 2.75) is 64.5 Å². The molecule has 1 aromatic rings. The first kappa shape index (κ1) is 21.7. The van der Waals surface area contributed by atoms with Crippen LogP contribution in [0.25, 0.3) is 0 Å². The number of hydrogen-bond donors (Lipinski definition) is 0. The predicted octanol–water partition coefficient (Wildman–Crippen LogP) is 3.79. The van der Waals surface area contributed by atoms with Crippen LogP contribution in [0.1, 0.15) is 57.4 Å². The molecule has 2 fully saturated rings. The van der Waals surface area contributed by atoms with Crippen LogP contribution in [0.5, 0.6) is 0 Å². The molecule has 0 bridgehead atoms. The molecular formula is C24H33NO4. The average Bonchev–Trinajstić information content (AvgIpc) is 2.73. The summed E-state index contributed by atoms with van der Waals surface area (Å²) in [6.07, 6.45) is 5.18. The van der Waals surface area contributed by atoms with Gasteiger partial charge in [-0.1, -0.05) is 37.3 Å². The SMILES string of the molecule is COC(=O)C[C@@H]1C[C@@H](C)C[C@@H]2N(Cc3ccccc3)CCC[C@@]12C(=O)CCC=O. The number of hydrogen-bond acceptors (Lipinski definition) is 5. The van der Waals surface area contributed by atoms with E-state index in [0.717, 1.165) is 45.1 Å². The van der Waals surface area contributed by atoms with Crippen molar-refractivity contribution in [3.05, 3.63) is 35.9 Å². The second-order valence-corrected chi connectivity index (χ2v) is 8.80. The fourth-order valence-electron chi connectivity index (χ4n) is 5.76. The molecule has 0 spiro atoms. The van der Waals surface area contributed by atoms with Gasteiger partial charge in [0.25, 0.3) is 0 Å². The van der Waals surface area contributed by atoms with Gasteiger partial charge in [0.2, 0.25) is 0 Å². The number of rotatable bonds is 8. The predicted molar refractivity (Wildman–Crippen MR) is 111 cm³/mol. The average molecular weight is 400 g/mol. The van der Waals surface area contributed by atoms with Crippen molar-refractivity contribution in [2.24, 2.45) is 17.3 Å². The van der Waals surface area contributed by atoms with Gasteiger partial charge in [-0.25, -0.2) is 0 Å². The molecule has 5 heteroatoms. The Balaban J connectivity index is 1.96. The highest BCUT2D eigenvalue weighted by molar-refractivity contribution is 5.88. The number of fused-ring (bicyclic) bond motifs is 1. The van der Waals surface area contributed by atoms with Gasteiger partial charge in [0.1, 0.15) is 12.1 Å². The van der Waals surface area contributed by atoms with Crippen LogP contribution in [-0.4, -0.2) is 42.6 Å². The highest BCUT2D eigenvalue weighted by Crippen LogP contribution is 2.54. The fraction of sp³-hybridized carbons (Fsp3) is 0.625. The molecule has 0 N–H and O–H groups in total. The first-order valence-corrected chi connectivity index (χ1v) is 10.8. The van der Waals surface area contributed by atoms with E-state index >= 15 is 0 Å². The summed E-state index contributed by atoms with van der Waals surface area (Å²) in [6, 6.07) is 10.5. The lowest BCUT2D eigenvalue weighted by Crippen LogP contribution is -2.62. The minimum atomic E-state index is -0.559. The number of esters is 1. The number of piperidine rings is 1. The molecule has 29 heavy (non-hydrogen) atoms. The summed E-state index contributed by atoms with van der Waals surface area (Å²) < 4.78 is 4.98. The highest BCUT2D eigenvalue weighted by Gasteiger charge is 2.57. The van der Waals surface area contributed by atoms with Gasteiger partial charge in [0, 0.05) is 37.3 Å². The number of aldehydes is 1. The number of Topliss-reactive ketones (excluding diaryl/α,β-unsaturated/α-hetero) is 1. The maximum atomic E-state index is 13.6. The van der Waals surface area contributed by atoms with Crippen LogP contribution in [0.2, 0.25) is 0 Å². The Bertz CT molecular complexity index is 719. The Labute approximate surface area is 173 Å². The van der Waals surface area contributed by atoms with Crippen molar-refractivity contribution in [2.75, 3.05) is 13.7 Å². The van der Waals surface area contributed by atoms with E-state index in [1.54, 1.807) is 0 Å². The quantitative estimate of drug-likeness (QED) is 0.491. The van der Waals surface area contributed by atoms with Gasteiger partial charge < -0.3 is 9.53 Å². The van der Waals surface area contributed by atoms with Crippen molar-refractivity contribution in [3.8, 4) is 0 Å². The Morgan fingerprint density at radius 2 is 2.00 bits per heavy atom. The van der Waals surface area contributed by atoms with Crippen LogP contribution in [0.3, 0.4) is 0 Å². The molecule has 0 aromatic heterocycles. The maximum Gasteiger partial charge on any atom is 0.305 e. The molecule has 5 nitrogen and oxygen atoms in total. The zero-order chi connectivity index (χ0) is 20.9. The molecule has 1 aliphatic carbocycles. The molecule has 4 atom stereocenters. The first-order valence-electron chi connectivity index (χ1n) is 10.8. The molecule has 158 valence electrons. The largest absolute Gasteiger partial charge is 0.469 e. The summed E-state index contributed by atoms with van der Waals surface area (Å²) in [5.41, 5.74) is 0.683. The van der Waals surface area contributed by atoms with E-state index in [-0.39, 0.29) is 43.0 Å². The lowest BCUT2D eigenvalue weighted by atomic mass is 9.54. The van der Waals surface area contributed by atoms with Gasteiger partial charge in [-0.2, -0.15) is 0 Å². The highest BCUT2D eigenvalue weighted by atomic mass is 16.5. The van der Waals surface area contributed by atoms with Crippen molar-refractivity contribution in [1.29, 1.82) is 0 Å². The molecule has 2 aliphatic rings. The van der Waals surface area contributed by atoms with Crippen LogP contribution >= 0.6 is 0 Å². The van der Waals surface area contributed by atoms with E-state index < -0.39 is 5.41 Å². The monoisotopic (exact) mass is 399 g/mol. The molecular weight excluding hydrogens is 366 g/mol. The Hall–Kier alpha value is -2.01. The molecule has 0 unspecified atom stereocenters. The fourth-order valence-corrected chi connectivity index (χ4v) is 5.76. The van der Waals surface area contributed by atoms with Gasteiger partial charge >= 0.3 is 5.97 Å². The van der Waals surface area contributed by atoms with Crippen molar-refractivity contribution >= 4 is 18.0 Å².